The van der Waals surface area contributed by atoms with Gasteiger partial charge in [0.2, 0.25) is 5.91 Å². The van der Waals surface area contributed by atoms with Crippen LogP contribution in [0.3, 0.4) is 0 Å². The minimum Gasteiger partial charge on any atom is -0.325 e. The van der Waals surface area contributed by atoms with Crippen molar-refractivity contribution in [2.24, 2.45) is 17.3 Å². The third-order valence-corrected chi connectivity index (χ3v) is 5.07. The van der Waals surface area contributed by atoms with Gasteiger partial charge in [-0.25, -0.2) is 0 Å². The van der Waals surface area contributed by atoms with Crippen molar-refractivity contribution in [2.45, 2.75) is 71.1 Å². The first-order chi connectivity index (χ1) is 10.7. The van der Waals surface area contributed by atoms with Crippen LogP contribution in [0.15, 0.2) is 0 Å². The van der Waals surface area contributed by atoms with Crippen LogP contribution in [-0.4, -0.2) is 17.4 Å². The zero-order valence-corrected chi connectivity index (χ0v) is 16.8. The fourth-order valence-corrected chi connectivity index (χ4v) is 3.79. The minimum absolute atomic E-state index is 0.00858. The molecule has 0 rings (SSSR count). The summed E-state index contributed by atoms with van der Waals surface area (Å²) in [7, 11) is 0.00858. The van der Waals surface area contributed by atoms with Crippen LogP contribution in [0.2, 0.25) is 0 Å². The highest BCUT2D eigenvalue weighted by atomic mass is 32.1. The lowest BCUT2D eigenvalue weighted by molar-refractivity contribution is -0.123. The fraction of sp³-hybridized carbons (Fsp3) is 0.938. The molecule has 0 aromatic rings. The summed E-state index contributed by atoms with van der Waals surface area (Å²) in [5.74, 6) is 2.79. The number of amides is 1. The van der Waals surface area contributed by atoms with Crippen LogP contribution < -0.4 is 10.6 Å². The van der Waals surface area contributed by atoms with Gasteiger partial charge in [-0.05, 0) is 36.7 Å². The molecule has 0 aromatic carbocycles. The Labute approximate surface area is 150 Å². The maximum absolute atomic E-state index is 11.8. The molecule has 132 valence electrons. The Morgan fingerprint density at radius 1 is 0.955 bits per heavy atom. The molecule has 0 bridgehead atoms. The topological polar surface area (TPSA) is 55.1 Å². The molecule has 6 heteroatoms. The first kappa shape index (κ1) is 22.6. The maximum Gasteiger partial charge on any atom is 0.227 e. The van der Waals surface area contributed by atoms with E-state index in [9.17, 15) is 4.79 Å². The molecule has 3 nitrogen and oxygen atoms in total. The van der Waals surface area contributed by atoms with Crippen LogP contribution in [-0.2, 0) is 4.79 Å². The summed E-state index contributed by atoms with van der Waals surface area (Å²) in [4.78, 5) is 11.8. The Bertz CT molecular complexity index is 271. The van der Waals surface area contributed by atoms with Gasteiger partial charge in [-0.2, -0.15) is 25.3 Å². The second-order valence-electron chi connectivity index (χ2n) is 6.16. The van der Waals surface area contributed by atoms with Crippen molar-refractivity contribution in [1.82, 2.24) is 5.09 Å². The maximum atomic E-state index is 11.8. The Morgan fingerprint density at radius 3 is 2.05 bits per heavy atom. The third kappa shape index (κ3) is 13.0. The van der Waals surface area contributed by atoms with Gasteiger partial charge < -0.3 is 5.09 Å². The molecule has 1 amide bonds. The normalized spacial score (nSPS) is 14.4. The largest absolute Gasteiger partial charge is 0.325 e. The minimum atomic E-state index is 0.00858. The molecule has 0 aliphatic rings. The number of hydrogen-bond donors (Lipinski definition) is 4. The van der Waals surface area contributed by atoms with Gasteiger partial charge in [0.1, 0.15) is 0 Å². The highest BCUT2D eigenvalue weighted by Crippen LogP contribution is 2.18. The molecule has 0 saturated carbocycles. The molecule has 0 radical (unpaired) electrons. The summed E-state index contributed by atoms with van der Waals surface area (Å²) in [6, 6.07) is 0. The van der Waals surface area contributed by atoms with E-state index < -0.39 is 0 Å². The molecule has 0 saturated heterocycles. The average Bonchev–Trinajstić information content (AvgIpc) is 2.49. The SMILES string of the molecule is CC(CCS)CCCCCCCCC(CCS)C(=O)NPN. The van der Waals surface area contributed by atoms with Crippen molar-refractivity contribution in [3.8, 4) is 0 Å². The first-order valence-corrected chi connectivity index (χ1v) is 11.0. The molecule has 3 atom stereocenters. The summed E-state index contributed by atoms with van der Waals surface area (Å²) in [5, 5.41) is 2.75. The predicted octanol–water partition coefficient (Wildman–Crippen LogP) is 4.58. The number of hydrogen-bond acceptors (Lipinski definition) is 4. The van der Waals surface area contributed by atoms with Gasteiger partial charge in [0.05, 0.1) is 0 Å². The van der Waals surface area contributed by atoms with E-state index in [2.05, 4.69) is 37.3 Å². The number of nitrogens with one attached hydrogen (secondary N) is 1. The number of carbonyl (C=O) groups excluding carboxylic acids is 1. The van der Waals surface area contributed by atoms with Gasteiger partial charge in [0.25, 0.3) is 0 Å². The van der Waals surface area contributed by atoms with E-state index in [0.717, 1.165) is 36.7 Å². The lowest BCUT2D eigenvalue weighted by Gasteiger charge is -2.14. The standard InChI is InChI=1S/C16H35N2OPS2/c1-14(10-12-21)8-6-4-2-3-5-7-9-15(11-13-22)16(19)18-20-17/h14-15,20-22H,2-13,17H2,1H3,(H,18,19). The second-order valence-corrected chi connectivity index (χ2v) is 7.59. The highest BCUT2D eigenvalue weighted by Gasteiger charge is 2.16. The van der Waals surface area contributed by atoms with E-state index >= 15 is 0 Å². The van der Waals surface area contributed by atoms with Crippen molar-refractivity contribution >= 4 is 40.0 Å². The summed E-state index contributed by atoms with van der Waals surface area (Å²) < 4.78 is 0. The zero-order chi connectivity index (χ0) is 16.6. The molecule has 0 heterocycles. The van der Waals surface area contributed by atoms with Gasteiger partial charge in [-0.1, -0.05) is 51.9 Å². The van der Waals surface area contributed by atoms with E-state index in [1.807, 2.05) is 0 Å². The summed E-state index contributed by atoms with van der Waals surface area (Å²) >= 11 is 8.52. The lowest BCUT2D eigenvalue weighted by Crippen LogP contribution is -2.26. The van der Waals surface area contributed by atoms with Gasteiger partial charge in [-0.15, -0.1) is 0 Å². The molecule has 0 aromatic heterocycles. The Hall–Kier alpha value is 0.560. The van der Waals surface area contributed by atoms with Gasteiger partial charge in [-0.3, -0.25) is 10.3 Å². The van der Waals surface area contributed by atoms with Crippen molar-refractivity contribution in [1.29, 1.82) is 0 Å². The second kappa shape index (κ2) is 16.4. The monoisotopic (exact) mass is 366 g/mol. The summed E-state index contributed by atoms with van der Waals surface area (Å²) in [5.41, 5.74) is 5.40. The Balaban J connectivity index is 3.55. The van der Waals surface area contributed by atoms with Gasteiger partial charge in [0.15, 0.2) is 0 Å². The van der Waals surface area contributed by atoms with Gasteiger partial charge in [0, 0.05) is 14.8 Å². The number of rotatable bonds is 15. The fourth-order valence-electron chi connectivity index (χ4n) is 2.69. The van der Waals surface area contributed by atoms with E-state index in [4.69, 9.17) is 5.50 Å². The van der Waals surface area contributed by atoms with Crippen LogP contribution in [0.1, 0.15) is 71.1 Å². The molecule has 0 spiro atoms. The van der Waals surface area contributed by atoms with Crippen molar-refractivity contribution in [2.75, 3.05) is 11.5 Å². The highest BCUT2D eigenvalue weighted by molar-refractivity contribution is 7.80. The van der Waals surface area contributed by atoms with Crippen LogP contribution in [0.25, 0.3) is 0 Å². The molecule has 3 unspecified atom stereocenters. The summed E-state index contributed by atoms with van der Waals surface area (Å²) in [6.45, 7) is 2.32. The number of unbranched alkanes of at least 4 members (excludes halogenated alkanes) is 5. The van der Waals surface area contributed by atoms with Crippen LogP contribution in [0, 0.1) is 11.8 Å². The third-order valence-electron chi connectivity index (χ3n) is 4.17. The molecule has 0 aliphatic heterocycles. The van der Waals surface area contributed by atoms with Crippen LogP contribution >= 0.6 is 34.1 Å². The zero-order valence-electron chi connectivity index (χ0n) is 14.0. The molecular weight excluding hydrogens is 331 g/mol. The summed E-state index contributed by atoms with van der Waals surface area (Å²) in [6.07, 6.45) is 12.0. The number of carbonyl (C=O) groups is 1. The number of thiol groups is 2. The average molecular weight is 367 g/mol. The van der Waals surface area contributed by atoms with Gasteiger partial charge >= 0.3 is 0 Å². The quantitative estimate of drug-likeness (QED) is 0.195. The Morgan fingerprint density at radius 2 is 1.50 bits per heavy atom. The first-order valence-electron chi connectivity index (χ1n) is 8.62. The molecule has 3 N–H and O–H groups in total. The molecular formula is C16H35N2OPS2. The van der Waals surface area contributed by atoms with Crippen molar-refractivity contribution in [3.05, 3.63) is 0 Å². The predicted molar refractivity (Wildman–Crippen MR) is 107 cm³/mol. The van der Waals surface area contributed by atoms with Crippen molar-refractivity contribution in [3.63, 3.8) is 0 Å². The Kier molecular flexibility index (Phi) is 16.8. The van der Waals surface area contributed by atoms with Crippen LogP contribution in [0.4, 0.5) is 0 Å². The van der Waals surface area contributed by atoms with Crippen molar-refractivity contribution < 1.29 is 4.79 Å². The van der Waals surface area contributed by atoms with E-state index in [1.54, 1.807) is 0 Å². The lowest BCUT2D eigenvalue weighted by atomic mass is 9.96. The smallest absolute Gasteiger partial charge is 0.227 e. The van der Waals surface area contributed by atoms with E-state index in [0.29, 0.717) is 0 Å². The number of nitrogens with two attached hydrogens (primary N) is 1. The molecule has 0 aliphatic carbocycles. The van der Waals surface area contributed by atoms with Crippen LogP contribution in [0.5, 0.6) is 0 Å². The molecule has 22 heavy (non-hydrogen) atoms. The molecule has 0 fully saturated rings. The van der Waals surface area contributed by atoms with E-state index in [-0.39, 0.29) is 20.7 Å². The van der Waals surface area contributed by atoms with E-state index in [1.165, 1.54) is 44.9 Å².